The molecule has 0 aliphatic rings. The summed E-state index contributed by atoms with van der Waals surface area (Å²) in [5.74, 6) is -1.32. The molecule has 7 nitrogen and oxygen atoms in total. The topological polar surface area (TPSA) is 86.8 Å². The van der Waals surface area contributed by atoms with Crippen molar-refractivity contribution in [3.63, 3.8) is 0 Å². The smallest absolute Gasteiger partial charge is 0.244 e. The number of hydrogen-bond acceptors (Lipinski definition) is 4. The van der Waals surface area contributed by atoms with Gasteiger partial charge in [-0.15, -0.1) is 0 Å². The first kappa shape index (κ1) is 26.3. The van der Waals surface area contributed by atoms with Crippen LogP contribution < -0.4 is 9.62 Å². The average molecular weight is 478 g/mol. The average Bonchev–Trinajstić information content (AvgIpc) is 2.72. The van der Waals surface area contributed by atoms with E-state index in [9.17, 15) is 22.4 Å². The highest BCUT2D eigenvalue weighted by Gasteiger charge is 2.30. The molecule has 1 atom stereocenters. The molecule has 0 saturated heterocycles. The van der Waals surface area contributed by atoms with E-state index in [-0.39, 0.29) is 18.5 Å². The Labute approximate surface area is 195 Å². The van der Waals surface area contributed by atoms with E-state index >= 15 is 0 Å². The van der Waals surface area contributed by atoms with Crippen molar-refractivity contribution in [2.24, 2.45) is 0 Å². The molecule has 0 heterocycles. The number of carbonyl (C=O) groups is 2. The minimum absolute atomic E-state index is 0.0240. The van der Waals surface area contributed by atoms with Gasteiger partial charge in [0.15, 0.2) is 0 Å². The summed E-state index contributed by atoms with van der Waals surface area (Å²) in [6.07, 6.45) is 1.04. The van der Waals surface area contributed by atoms with E-state index in [0.717, 1.165) is 21.7 Å². The largest absolute Gasteiger partial charge is 0.352 e. The second-order valence-corrected chi connectivity index (χ2v) is 10.4. The molecule has 0 bridgehead atoms. The Morgan fingerprint density at radius 2 is 1.64 bits per heavy atom. The van der Waals surface area contributed by atoms with Crippen LogP contribution in [0.15, 0.2) is 42.5 Å². The first-order valence-electron chi connectivity index (χ1n) is 10.7. The summed E-state index contributed by atoms with van der Waals surface area (Å²) in [4.78, 5) is 27.5. The highest BCUT2D eigenvalue weighted by molar-refractivity contribution is 7.92. The summed E-state index contributed by atoms with van der Waals surface area (Å²) in [5, 5.41) is 2.78. The zero-order valence-electron chi connectivity index (χ0n) is 19.9. The van der Waals surface area contributed by atoms with Crippen LogP contribution in [0.25, 0.3) is 0 Å². The fourth-order valence-electron chi connectivity index (χ4n) is 3.37. The van der Waals surface area contributed by atoms with E-state index < -0.39 is 34.3 Å². The van der Waals surface area contributed by atoms with Crippen molar-refractivity contribution < 1.29 is 22.4 Å². The maximum absolute atomic E-state index is 13.4. The minimum atomic E-state index is -3.79. The maximum atomic E-state index is 13.4. The zero-order valence-corrected chi connectivity index (χ0v) is 20.7. The van der Waals surface area contributed by atoms with Gasteiger partial charge in [-0.2, -0.15) is 0 Å². The number of aryl methyl sites for hydroxylation is 1. The molecular weight excluding hydrogens is 445 g/mol. The van der Waals surface area contributed by atoms with Crippen LogP contribution in [0.1, 0.15) is 37.5 Å². The fourth-order valence-corrected chi connectivity index (χ4v) is 4.27. The monoisotopic (exact) mass is 477 g/mol. The number of benzene rings is 2. The lowest BCUT2D eigenvalue weighted by Gasteiger charge is -2.32. The molecule has 0 radical (unpaired) electrons. The van der Waals surface area contributed by atoms with Crippen molar-refractivity contribution in [1.29, 1.82) is 0 Å². The van der Waals surface area contributed by atoms with E-state index in [0.29, 0.717) is 11.3 Å². The molecule has 2 amide bonds. The number of hydrogen-bond donors (Lipinski definition) is 1. The van der Waals surface area contributed by atoms with E-state index in [1.807, 2.05) is 26.8 Å². The van der Waals surface area contributed by atoms with Gasteiger partial charge < -0.3 is 10.2 Å². The van der Waals surface area contributed by atoms with Gasteiger partial charge in [-0.05, 0) is 69.5 Å². The Morgan fingerprint density at radius 3 is 2.18 bits per heavy atom. The lowest BCUT2D eigenvalue weighted by atomic mass is 10.1. The number of anilines is 1. The van der Waals surface area contributed by atoms with E-state index in [1.54, 1.807) is 26.0 Å². The molecule has 0 aromatic heterocycles. The summed E-state index contributed by atoms with van der Waals surface area (Å²) in [6.45, 7) is 8.41. The van der Waals surface area contributed by atoms with Crippen LogP contribution in [0, 0.1) is 19.7 Å². The van der Waals surface area contributed by atoms with Crippen LogP contribution in [0.3, 0.4) is 0 Å². The number of halogens is 1. The Morgan fingerprint density at radius 1 is 1.03 bits per heavy atom. The van der Waals surface area contributed by atoms with Gasteiger partial charge in [-0.25, -0.2) is 12.8 Å². The Hall–Kier alpha value is -2.94. The van der Waals surface area contributed by atoms with E-state index in [2.05, 4.69) is 5.32 Å². The Kier molecular flexibility index (Phi) is 8.60. The highest BCUT2D eigenvalue weighted by Crippen LogP contribution is 2.25. The van der Waals surface area contributed by atoms with Crippen LogP contribution >= 0.6 is 0 Å². The molecule has 0 aliphatic heterocycles. The van der Waals surface area contributed by atoms with Crippen LogP contribution in [0.2, 0.25) is 0 Å². The first-order chi connectivity index (χ1) is 15.3. The molecular formula is C24H32FN3O4S. The first-order valence-corrected chi connectivity index (χ1v) is 12.5. The minimum Gasteiger partial charge on any atom is -0.352 e. The summed E-state index contributed by atoms with van der Waals surface area (Å²) in [5.41, 5.74) is 2.66. The molecule has 0 unspecified atom stereocenters. The van der Waals surface area contributed by atoms with Crippen molar-refractivity contribution >= 4 is 27.5 Å². The van der Waals surface area contributed by atoms with Gasteiger partial charge in [-0.3, -0.25) is 13.9 Å². The lowest BCUT2D eigenvalue weighted by molar-refractivity contribution is -0.139. The van der Waals surface area contributed by atoms with Crippen molar-refractivity contribution in [3.8, 4) is 0 Å². The molecule has 0 saturated carbocycles. The van der Waals surface area contributed by atoms with Crippen LogP contribution in [-0.2, 0) is 26.2 Å². The molecule has 0 aliphatic carbocycles. The van der Waals surface area contributed by atoms with Gasteiger partial charge in [0.05, 0.1) is 11.9 Å². The molecule has 2 aromatic carbocycles. The number of nitrogens with one attached hydrogen (secondary N) is 1. The second kappa shape index (κ2) is 10.8. The van der Waals surface area contributed by atoms with Gasteiger partial charge in [-0.1, -0.05) is 24.3 Å². The molecule has 0 spiro atoms. The summed E-state index contributed by atoms with van der Waals surface area (Å²) >= 11 is 0. The van der Waals surface area contributed by atoms with Crippen molar-refractivity contribution in [3.05, 3.63) is 65.0 Å². The molecule has 1 N–H and O–H groups in total. The Balaban J connectivity index is 2.43. The van der Waals surface area contributed by atoms with Crippen molar-refractivity contribution in [1.82, 2.24) is 10.2 Å². The quantitative estimate of drug-likeness (QED) is 0.601. The van der Waals surface area contributed by atoms with Gasteiger partial charge in [0.25, 0.3) is 0 Å². The molecule has 180 valence electrons. The lowest BCUT2D eigenvalue weighted by Crippen LogP contribution is -2.52. The molecule has 0 fully saturated rings. The van der Waals surface area contributed by atoms with E-state index in [4.69, 9.17) is 0 Å². The van der Waals surface area contributed by atoms with Gasteiger partial charge in [0.1, 0.15) is 18.4 Å². The van der Waals surface area contributed by atoms with Gasteiger partial charge in [0.2, 0.25) is 21.8 Å². The summed E-state index contributed by atoms with van der Waals surface area (Å²) < 4.78 is 39.7. The normalized spacial score (nSPS) is 12.4. The molecule has 9 heteroatoms. The number of carbonyl (C=O) groups excluding carboxylic acids is 2. The summed E-state index contributed by atoms with van der Waals surface area (Å²) in [7, 11) is -3.79. The number of rotatable bonds is 9. The molecule has 2 rings (SSSR count). The van der Waals surface area contributed by atoms with E-state index in [1.165, 1.54) is 29.2 Å². The fraction of sp³-hybridized carbons (Fsp3) is 0.417. The number of nitrogens with zero attached hydrogens (tertiary/aromatic N) is 2. The van der Waals surface area contributed by atoms with Crippen LogP contribution in [-0.4, -0.2) is 50.0 Å². The zero-order chi connectivity index (χ0) is 24.9. The second-order valence-electron chi connectivity index (χ2n) is 8.48. The standard InChI is InChI=1S/C24H32FN3O4S/c1-16(2)26-24(30)19(5)27(14-20-10-12-21(25)13-11-20)23(29)15-28(33(6,31)32)22-9-7-8-17(3)18(22)4/h7-13,16,19H,14-15H2,1-6H3,(H,26,30)/t19-/m0/s1. The van der Waals surface area contributed by atoms with Gasteiger partial charge in [0, 0.05) is 12.6 Å². The van der Waals surface area contributed by atoms with Crippen molar-refractivity contribution in [2.75, 3.05) is 17.1 Å². The van der Waals surface area contributed by atoms with Crippen LogP contribution in [0.5, 0.6) is 0 Å². The SMILES string of the molecule is Cc1cccc(N(CC(=O)N(Cc2ccc(F)cc2)[C@@H](C)C(=O)NC(C)C)S(C)(=O)=O)c1C. The van der Waals surface area contributed by atoms with Gasteiger partial charge >= 0.3 is 0 Å². The maximum Gasteiger partial charge on any atom is 0.244 e. The van der Waals surface area contributed by atoms with Crippen molar-refractivity contribution in [2.45, 2.75) is 53.2 Å². The number of amides is 2. The van der Waals surface area contributed by atoms with Crippen LogP contribution in [0.4, 0.5) is 10.1 Å². The predicted molar refractivity (Wildman–Crippen MR) is 128 cm³/mol. The Bertz CT molecular complexity index is 1100. The molecule has 33 heavy (non-hydrogen) atoms. The predicted octanol–water partition coefficient (Wildman–Crippen LogP) is 3.15. The molecule has 2 aromatic rings. The third-order valence-corrected chi connectivity index (χ3v) is 6.51. The number of sulfonamides is 1. The summed E-state index contributed by atoms with van der Waals surface area (Å²) in [6, 6.07) is 9.84. The third-order valence-electron chi connectivity index (χ3n) is 5.39. The third kappa shape index (κ3) is 7.02. The highest BCUT2D eigenvalue weighted by atomic mass is 32.2.